The monoisotopic (exact) mass is 374 g/mol. The van der Waals surface area contributed by atoms with E-state index in [1.807, 2.05) is 0 Å². The van der Waals surface area contributed by atoms with Crippen LogP contribution in [0.5, 0.6) is 0 Å². The number of ether oxygens (including phenoxy) is 1. The molecule has 0 spiro atoms. The Morgan fingerprint density at radius 3 is 2.85 bits per heavy atom. The Morgan fingerprint density at radius 2 is 2.12 bits per heavy atom. The summed E-state index contributed by atoms with van der Waals surface area (Å²) in [6, 6.07) is 9.34. The van der Waals surface area contributed by atoms with Crippen molar-refractivity contribution in [3.8, 4) is 11.3 Å². The van der Waals surface area contributed by atoms with E-state index in [-0.39, 0.29) is 29.0 Å². The number of benzene rings is 1. The molecule has 1 aliphatic heterocycles. The molecule has 1 aliphatic rings. The molecule has 0 N–H and O–H groups in total. The summed E-state index contributed by atoms with van der Waals surface area (Å²) in [6.45, 7) is 0.457. The number of imide groups is 1. The highest BCUT2D eigenvalue weighted by molar-refractivity contribution is 8.18. The van der Waals surface area contributed by atoms with Crippen LogP contribution in [0.25, 0.3) is 17.4 Å². The zero-order valence-electron chi connectivity index (χ0n) is 13.7. The van der Waals surface area contributed by atoms with Gasteiger partial charge < -0.3 is 9.15 Å². The van der Waals surface area contributed by atoms with Gasteiger partial charge in [-0.1, -0.05) is 12.1 Å². The van der Waals surface area contributed by atoms with Crippen molar-refractivity contribution in [1.29, 1.82) is 0 Å². The molecular formula is C17H14N2O6S. The van der Waals surface area contributed by atoms with Gasteiger partial charge in [-0.2, -0.15) is 0 Å². The van der Waals surface area contributed by atoms with Gasteiger partial charge in [0.2, 0.25) is 0 Å². The summed E-state index contributed by atoms with van der Waals surface area (Å²) in [4.78, 5) is 35.9. The van der Waals surface area contributed by atoms with Gasteiger partial charge in [0.1, 0.15) is 11.5 Å². The van der Waals surface area contributed by atoms with Crippen molar-refractivity contribution < 1.29 is 23.7 Å². The van der Waals surface area contributed by atoms with E-state index in [4.69, 9.17) is 9.15 Å². The number of methoxy groups -OCH3 is 1. The van der Waals surface area contributed by atoms with Crippen LogP contribution < -0.4 is 0 Å². The summed E-state index contributed by atoms with van der Waals surface area (Å²) >= 11 is 0.832. The number of hydrogen-bond donors (Lipinski definition) is 0. The molecule has 9 heteroatoms. The van der Waals surface area contributed by atoms with Gasteiger partial charge in [-0.3, -0.25) is 24.6 Å². The first-order valence-electron chi connectivity index (χ1n) is 7.58. The molecule has 0 saturated carbocycles. The summed E-state index contributed by atoms with van der Waals surface area (Å²) in [7, 11) is 1.49. The number of hydrogen-bond acceptors (Lipinski definition) is 7. The molecular weight excluding hydrogens is 360 g/mol. The Hall–Kier alpha value is -2.91. The van der Waals surface area contributed by atoms with Gasteiger partial charge in [-0.05, 0) is 23.9 Å². The SMILES string of the molecule is COCCN1C(=O)S/C(=C/c2ccc(-c3cccc([N+](=O)[O-])c3)o2)C1=O. The number of nitrogens with zero attached hydrogens (tertiary/aromatic N) is 2. The fourth-order valence-corrected chi connectivity index (χ4v) is 3.21. The first-order chi connectivity index (χ1) is 12.5. The van der Waals surface area contributed by atoms with E-state index in [0.29, 0.717) is 17.1 Å². The fraction of sp³-hybridized carbons (Fsp3) is 0.176. The predicted molar refractivity (Wildman–Crippen MR) is 95.4 cm³/mol. The first kappa shape index (κ1) is 17.9. The van der Waals surface area contributed by atoms with Gasteiger partial charge >= 0.3 is 0 Å². The molecule has 2 heterocycles. The van der Waals surface area contributed by atoms with Crippen LogP contribution in [0.15, 0.2) is 45.7 Å². The van der Waals surface area contributed by atoms with Crippen molar-refractivity contribution in [2.24, 2.45) is 0 Å². The van der Waals surface area contributed by atoms with E-state index in [0.717, 1.165) is 16.7 Å². The average molecular weight is 374 g/mol. The van der Waals surface area contributed by atoms with Crippen LogP contribution in [0.4, 0.5) is 10.5 Å². The van der Waals surface area contributed by atoms with Crippen molar-refractivity contribution in [1.82, 2.24) is 4.90 Å². The Labute approximate surface area is 152 Å². The maximum absolute atomic E-state index is 12.3. The highest BCUT2D eigenvalue weighted by Gasteiger charge is 2.34. The van der Waals surface area contributed by atoms with E-state index in [1.165, 1.54) is 25.3 Å². The van der Waals surface area contributed by atoms with Crippen molar-refractivity contribution in [2.45, 2.75) is 0 Å². The number of nitro benzene ring substituents is 1. The highest BCUT2D eigenvalue weighted by Crippen LogP contribution is 2.33. The van der Waals surface area contributed by atoms with Crippen LogP contribution in [-0.4, -0.2) is 41.2 Å². The van der Waals surface area contributed by atoms with Crippen molar-refractivity contribution in [3.05, 3.63) is 57.2 Å². The predicted octanol–water partition coefficient (Wildman–Crippen LogP) is 3.54. The largest absolute Gasteiger partial charge is 0.457 e. The number of amides is 2. The Balaban J connectivity index is 1.81. The molecule has 1 aromatic heterocycles. The summed E-state index contributed by atoms with van der Waals surface area (Å²) in [5.74, 6) is 0.410. The standard InChI is InChI=1S/C17H14N2O6S/c1-24-8-7-18-16(20)15(26-17(18)21)10-13-5-6-14(25-13)11-3-2-4-12(9-11)19(22)23/h2-6,9-10H,7-8H2,1H3/b15-10+. The molecule has 0 atom stereocenters. The van der Waals surface area contributed by atoms with Crippen LogP contribution >= 0.6 is 11.8 Å². The molecule has 2 amide bonds. The Bertz CT molecular complexity index is 904. The third kappa shape index (κ3) is 3.68. The Morgan fingerprint density at radius 1 is 1.31 bits per heavy atom. The molecule has 26 heavy (non-hydrogen) atoms. The van der Waals surface area contributed by atoms with E-state index in [9.17, 15) is 19.7 Å². The van der Waals surface area contributed by atoms with Crippen LogP contribution in [0.3, 0.4) is 0 Å². The molecule has 0 unspecified atom stereocenters. The second-order valence-electron chi connectivity index (χ2n) is 5.34. The van der Waals surface area contributed by atoms with Crippen LogP contribution in [0.1, 0.15) is 5.76 Å². The summed E-state index contributed by atoms with van der Waals surface area (Å²) < 4.78 is 10.5. The van der Waals surface area contributed by atoms with Gasteiger partial charge in [0.05, 0.1) is 23.0 Å². The quantitative estimate of drug-likeness (QED) is 0.433. The van der Waals surface area contributed by atoms with E-state index < -0.39 is 10.8 Å². The molecule has 8 nitrogen and oxygen atoms in total. The minimum atomic E-state index is -0.483. The zero-order valence-corrected chi connectivity index (χ0v) is 14.5. The maximum atomic E-state index is 12.3. The van der Waals surface area contributed by atoms with Crippen LogP contribution in [0.2, 0.25) is 0 Å². The van der Waals surface area contributed by atoms with Crippen LogP contribution in [0, 0.1) is 10.1 Å². The minimum absolute atomic E-state index is 0.0419. The van der Waals surface area contributed by atoms with Crippen molar-refractivity contribution in [3.63, 3.8) is 0 Å². The lowest BCUT2D eigenvalue weighted by Crippen LogP contribution is -2.31. The lowest BCUT2D eigenvalue weighted by Gasteiger charge is -2.10. The molecule has 134 valence electrons. The lowest BCUT2D eigenvalue weighted by atomic mass is 10.1. The minimum Gasteiger partial charge on any atom is -0.457 e. The first-order valence-corrected chi connectivity index (χ1v) is 8.40. The number of carbonyl (C=O) groups is 2. The topological polar surface area (TPSA) is 103 Å². The van der Waals surface area contributed by atoms with Gasteiger partial charge in [0.15, 0.2) is 0 Å². The van der Waals surface area contributed by atoms with Gasteiger partial charge in [0.25, 0.3) is 16.8 Å². The summed E-state index contributed by atoms with van der Waals surface area (Å²) in [5, 5.41) is 10.5. The second kappa shape index (κ2) is 7.54. The Kier molecular flexibility index (Phi) is 5.19. The fourth-order valence-electron chi connectivity index (χ4n) is 2.36. The smallest absolute Gasteiger partial charge is 0.293 e. The molecule has 1 aromatic carbocycles. The number of furan rings is 1. The van der Waals surface area contributed by atoms with E-state index in [2.05, 4.69) is 0 Å². The zero-order chi connectivity index (χ0) is 18.7. The molecule has 0 radical (unpaired) electrons. The third-order valence-electron chi connectivity index (χ3n) is 3.63. The molecule has 0 bridgehead atoms. The molecule has 3 rings (SSSR count). The van der Waals surface area contributed by atoms with Gasteiger partial charge in [-0.25, -0.2) is 0 Å². The van der Waals surface area contributed by atoms with Crippen LogP contribution in [-0.2, 0) is 9.53 Å². The normalized spacial score (nSPS) is 15.9. The number of carbonyl (C=O) groups excluding carboxylic acids is 2. The number of rotatable bonds is 6. The molecule has 2 aromatic rings. The lowest BCUT2D eigenvalue weighted by molar-refractivity contribution is -0.384. The number of nitro groups is 1. The maximum Gasteiger partial charge on any atom is 0.293 e. The van der Waals surface area contributed by atoms with Gasteiger partial charge in [0, 0.05) is 30.9 Å². The third-order valence-corrected chi connectivity index (χ3v) is 4.54. The summed E-state index contributed by atoms with van der Waals surface area (Å²) in [6.07, 6.45) is 1.48. The molecule has 1 fully saturated rings. The number of thioether (sulfide) groups is 1. The summed E-state index contributed by atoms with van der Waals surface area (Å²) in [5.41, 5.74) is 0.506. The second-order valence-corrected chi connectivity index (χ2v) is 6.33. The molecule has 1 saturated heterocycles. The average Bonchev–Trinajstić information content (AvgIpc) is 3.19. The van der Waals surface area contributed by atoms with Crippen molar-refractivity contribution >= 4 is 34.7 Å². The van der Waals surface area contributed by atoms with Crippen molar-refractivity contribution in [2.75, 3.05) is 20.3 Å². The number of non-ortho nitro benzene ring substituents is 1. The highest BCUT2D eigenvalue weighted by atomic mass is 32.2. The van der Waals surface area contributed by atoms with E-state index in [1.54, 1.807) is 24.3 Å². The molecule has 0 aliphatic carbocycles. The van der Waals surface area contributed by atoms with E-state index >= 15 is 0 Å². The van der Waals surface area contributed by atoms with Gasteiger partial charge in [-0.15, -0.1) is 0 Å².